The number of methoxy groups -OCH3 is 1. The number of aryl methyl sites for hydroxylation is 1. The van der Waals surface area contributed by atoms with E-state index < -0.39 is 21.5 Å². The number of hydrogen-bond acceptors (Lipinski definition) is 7. The molecular weight excluding hydrogens is 458 g/mol. The zero-order valence-electron chi connectivity index (χ0n) is 17.8. The van der Waals surface area contributed by atoms with E-state index in [2.05, 4.69) is 4.98 Å². The first-order chi connectivity index (χ1) is 14.6. The number of halogens is 1. The second-order valence-corrected chi connectivity index (χ2v) is 10.8. The number of rotatable bonds is 8. The summed E-state index contributed by atoms with van der Waals surface area (Å²) in [5.41, 5.74) is 1.65. The van der Waals surface area contributed by atoms with Crippen LogP contribution in [0, 0.1) is 6.92 Å². The van der Waals surface area contributed by atoms with Crippen LogP contribution in [0.15, 0.2) is 41.3 Å². The monoisotopic (exact) mass is 481 g/mol. The minimum absolute atomic E-state index is 0.0705. The first-order valence-corrected chi connectivity index (χ1v) is 12.3. The van der Waals surface area contributed by atoms with E-state index in [1.807, 2.05) is 32.0 Å². The Balaban J connectivity index is 1.92. The average molecular weight is 482 g/mol. The Morgan fingerprint density at radius 2 is 1.84 bits per heavy atom. The van der Waals surface area contributed by atoms with Gasteiger partial charge in [0.05, 0.1) is 22.2 Å². The van der Waals surface area contributed by atoms with Gasteiger partial charge in [-0.15, -0.1) is 0 Å². The van der Waals surface area contributed by atoms with Gasteiger partial charge >= 0.3 is 0 Å². The number of thiazole rings is 1. The highest BCUT2D eigenvalue weighted by Crippen LogP contribution is 2.33. The Hall–Kier alpha value is -2.20. The normalized spacial score (nSPS) is 11.8. The van der Waals surface area contributed by atoms with Gasteiger partial charge < -0.3 is 9.64 Å². The lowest BCUT2D eigenvalue weighted by Crippen LogP contribution is -2.40. The van der Waals surface area contributed by atoms with E-state index in [1.165, 1.54) is 35.5 Å². The highest BCUT2D eigenvalue weighted by atomic mass is 35.5. The van der Waals surface area contributed by atoms with Crippen LogP contribution in [-0.2, 0) is 14.6 Å². The number of anilines is 1. The van der Waals surface area contributed by atoms with Crippen molar-refractivity contribution in [3.8, 4) is 5.75 Å². The number of benzene rings is 2. The fraction of sp³-hybridized carbons (Fsp3) is 0.333. The van der Waals surface area contributed by atoms with E-state index in [9.17, 15) is 13.2 Å². The number of ether oxygens (including phenoxy) is 1. The average Bonchev–Trinajstić information content (AvgIpc) is 3.11. The summed E-state index contributed by atoms with van der Waals surface area (Å²) < 4.78 is 31.6. The zero-order valence-corrected chi connectivity index (χ0v) is 20.1. The standard InChI is InChI=1S/C21H24ClN3O4S2/c1-14-11-15(22)12-18-20(14)23-21(30-18)25(10-9-24(2)3)19(26)13-31(27,28)17-7-5-16(29-4)6-8-17/h5-8,11-12H,9-10,13H2,1-4H3. The van der Waals surface area contributed by atoms with Gasteiger partial charge in [-0.3, -0.25) is 9.69 Å². The molecule has 0 unspecified atom stereocenters. The lowest BCUT2D eigenvalue weighted by molar-refractivity contribution is -0.116. The predicted molar refractivity (Wildman–Crippen MR) is 125 cm³/mol. The number of aromatic nitrogens is 1. The minimum atomic E-state index is -3.83. The third-order valence-corrected chi connectivity index (χ3v) is 7.53. The lowest BCUT2D eigenvalue weighted by atomic mass is 10.2. The molecule has 31 heavy (non-hydrogen) atoms. The van der Waals surface area contributed by atoms with Crippen LogP contribution in [0.5, 0.6) is 5.75 Å². The molecule has 1 amide bonds. The molecular formula is C21H24ClN3O4S2. The maximum absolute atomic E-state index is 13.1. The van der Waals surface area contributed by atoms with E-state index in [0.29, 0.717) is 29.0 Å². The molecule has 0 radical (unpaired) electrons. The largest absolute Gasteiger partial charge is 0.497 e. The molecule has 0 saturated carbocycles. The van der Waals surface area contributed by atoms with Crippen molar-refractivity contribution in [1.82, 2.24) is 9.88 Å². The maximum atomic E-state index is 13.1. The molecule has 0 fully saturated rings. The molecule has 0 saturated heterocycles. The van der Waals surface area contributed by atoms with E-state index in [4.69, 9.17) is 16.3 Å². The quantitative estimate of drug-likeness (QED) is 0.488. The van der Waals surface area contributed by atoms with E-state index in [-0.39, 0.29) is 4.90 Å². The Morgan fingerprint density at radius 3 is 2.45 bits per heavy atom. The van der Waals surface area contributed by atoms with Gasteiger partial charge in [-0.1, -0.05) is 22.9 Å². The lowest BCUT2D eigenvalue weighted by Gasteiger charge is -2.22. The number of fused-ring (bicyclic) bond motifs is 1. The number of carbonyl (C=O) groups excluding carboxylic acids is 1. The van der Waals surface area contributed by atoms with Crippen LogP contribution in [0.25, 0.3) is 10.2 Å². The Labute approximate surface area is 191 Å². The van der Waals surface area contributed by atoms with Gasteiger partial charge in [0.2, 0.25) is 5.91 Å². The van der Waals surface area contributed by atoms with Crippen LogP contribution in [0.1, 0.15) is 5.56 Å². The minimum Gasteiger partial charge on any atom is -0.497 e. The van der Waals surface area contributed by atoms with Crippen molar-refractivity contribution in [1.29, 1.82) is 0 Å². The third-order valence-electron chi connectivity index (χ3n) is 4.67. The molecule has 166 valence electrons. The summed E-state index contributed by atoms with van der Waals surface area (Å²) in [4.78, 5) is 21.2. The first kappa shape index (κ1) is 23.5. The van der Waals surface area contributed by atoms with Crippen LogP contribution in [0.2, 0.25) is 5.02 Å². The number of likely N-dealkylation sites (N-methyl/N-ethyl adjacent to an activating group) is 1. The van der Waals surface area contributed by atoms with Crippen molar-refractivity contribution >= 4 is 54.0 Å². The first-order valence-electron chi connectivity index (χ1n) is 9.49. The second-order valence-electron chi connectivity index (χ2n) is 7.35. The van der Waals surface area contributed by atoms with E-state index in [0.717, 1.165) is 15.8 Å². The molecule has 0 aliphatic carbocycles. The number of carbonyl (C=O) groups is 1. The summed E-state index contributed by atoms with van der Waals surface area (Å²) in [7, 11) is 1.45. The van der Waals surface area contributed by atoms with Crippen molar-refractivity contribution < 1.29 is 17.9 Å². The molecule has 1 heterocycles. The van der Waals surface area contributed by atoms with Gasteiger partial charge in [-0.25, -0.2) is 13.4 Å². The van der Waals surface area contributed by atoms with Crippen molar-refractivity contribution in [2.45, 2.75) is 11.8 Å². The predicted octanol–water partition coefficient (Wildman–Crippen LogP) is 3.64. The van der Waals surface area contributed by atoms with Gasteiger partial charge in [-0.2, -0.15) is 0 Å². The molecule has 1 aromatic heterocycles. The van der Waals surface area contributed by atoms with Gasteiger partial charge in [0, 0.05) is 18.1 Å². The Morgan fingerprint density at radius 1 is 1.16 bits per heavy atom. The molecule has 0 atom stereocenters. The molecule has 0 bridgehead atoms. The summed E-state index contributed by atoms with van der Waals surface area (Å²) in [6, 6.07) is 9.60. The molecule has 2 aromatic carbocycles. The van der Waals surface area contributed by atoms with Crippen LogP contribution < -0.4 is 9.64 Å². The topological polar surface area (TPSA) is 79.8 Å². The molecule has 7 nitrogen and oxygen atoms in total. The van der Waals surface area contributed by atoms with Crippen molar-refractivity contribution in [3.63, 3.8) is 0 Å². The Bertz CT molecular complexity index is 1190. The summed E-state index contributed by atoms with van der Waals surface area (Å²) in [6.07, 6.45) is 0. The van der Waals surface area contributed by atoms with Gasteiger partial charge in [0.1, 0.15) is 11.5 Å². The van der Waals surface area contributed by atoms with Crippen LogP contribution in [0.4, 0.5) is 5.13 Å². The SMILES string of the molecule is COc1ccc(S(=O)(=O)CC(=O)N(CCN(C)C)c2nc3c(C)cc(Cl)cc3s2)cc1. The fourth-order valence-electron chi connectivity index (χ4n) is 2.99. The molecule has 0 N–H and O–H groups in total. The second kappa shape index (κ2) is 9.52. The summed E-state index contributed by atoms with van der Waals surface area (Å²) in [6.45, 7) is 2.78. The van der Waals surface area contributed by atoms with Crippen molar-refractivity contribution in [2.24, 2.45) is 0 Å². The van der Waals surface area contributed by atoms with Gasteiger partial charge in [-0.05, 0) is 63.0 Å². The molecule has 10 heteroatoms. The van der Waals surface area contributed by atoms with Crippen LogP contribution in [-0.4, -0.2) is 64.3 Å². The highest BCUT2D eigenvalue weighted by molar-refractivity contribution is 7.92. The molecule has 0 spiro atoms. The smallest absolute Gasteiger partial charge is 0.244 e. The summed E-state index contributed by atoms with van der Waals surface area (Å²) in [5.74, 6) is -0.635. The fourth-order valence-corrected chi connectivity index (χ4v) is 5.65. The van der Waals surface area contributed by atoms with Crippen molar-refractivity contribution in [2.75, 3.05) is 44.9 Å². The van der Waals surface area contributed by atoms with E-state index >= 15 is 0 Å². The number of sulfone groups is 1. The van der Waals surface area contributed by atoms with Crippen molar-refractivity contribution in [3.05, 3.63) is 47.0 Å². The maximum Gasteiger partial charge on any atom is 0.244 e. The summed E-state index contributed by atoms with van der Waals surface area (Å²) in [5, 5.41) is 1.05. The summed E-state index contributed by atoms with van der Waals surface area (Å²) >= 11 is 7.48. The molecule has 3 aromatic rings. The molecule has 3 rings (SSSR count). The van der Waals surface area contributed by atoms with Crippen LogP contribution in [0.3, 0.4) is 0 Å². The van der Waals surface area contributed by atoms with Gasteiger partial charge in [0.15, 0.2) is 15.0 Å². The number of nitrogens with zero attached hydrogens (tertiary/aromatic N) is 3. The van der Waals surface area contributed by atoms with Gasteiger partial charge in [0.25, 0.3) is 0 Å². The van der Waals surface area contributed by atoms with Crippen LogP contribution >= 0.6 is 22.9 Å². The zero-order chi connectivity index (χ0) is 22.8. The number of amides is 1. The number of hydrogen-bond donors (Lipinski definition) is 0. The highest BCUT2D eigenvalue weighted by Gasteiger charge is 2.27. The Kier molecular flexibility index (Phi) is 7.20. The molecule has 0 aliphatic rings. The van der Waals surface area contributed by atoms with E-state index in [1.54, 1.807) is 18.2 Å². The molecule has 0 aliphatic heterocycles. The third kappa shape index (κ3) is 5.54.